The number of piperidine rings is 1. The van der Waals surface area contributed by atoms with Crippen LogP contribution in [0.2, 0.25) is 0 Å². The number of amides is 2. The molecule has 2 aliphatic carbocycles. The number of hydrogen-bond acceptors (Lipinski definition) is 7. The molecule has 5 rings (SSSR count). The lowest BCUT2D eigenvalue weighted by molar-refractivity contribution is -0.167. The molecule has 1 aromatic heterocycles. The van der Waals surface area contributed by atoms with Gasteiger partial charge in [0.1, 0.15) is 17.1 Å². The van der Waals surface area contributed by atoms with Crippen molar-refractivity contribution < 1.29 is 19.4 Å². The average Bonchev–Trinajstić information content (AvgIpc) is 2.91. The molecule has 1 aliphatic heterocycles. The third-order valence-corrected chi connectivity index (χ3v) is 9.39. The van der Waals surface area contributed by atoms with Crippen LogP contribution >= 0.6 is 0 Å². The molecule has 11 heteroatoms. The molecule has 3 aliphatic rings. The Labute approximate surface area is 238 Å². The van der Waals surface area contributed by atoms with Crippen LogP contribution in [0, 0.1) is 16.2 Å². The van der Waals surface area contributed by atoms with Crippen molar-refractivity contribution >= 4 is 17.6 Å². The zero-order valence-corrected chi connectivity index (χ0v) is 23.8. The van der Waals surface area contributed by atoms with Crippen LogP contribution in [0.4, 0.5) is 0 Å². The number of amidine groups is 1. The fourth-order valence-corrected chi connectivity index (χ4v) is 7.47. The number of nitrogens with two attached hydrogens (primary N) is 1. The van der Waals surface area contributed by atoms with Gasteiger partial charge in [0.25, 0.3) is 5.56 Å². The van der Waals surface area contributed by atoms with Gasteiger partial charge in [-0.2, -0.15) is 0 Å². The molecule has 41 heavy (non-hydrogen) atoms. The number of methoxy groups -OCH3 is 1. The first-order valence-corrected chi connectivity index (χ1v) is 14.4. The van der Waals surface area contributed by atoms with Crippen molar-refractivity contribution in [3.63, 3.8) is 0 Å². The third kappa shape index (κ3) is 5.17. The van der Waals surface area contributed by atoms with E-state index in [1.54, 1.807) is 7.11 Å². The normalized spacial score (nSPS) is 19.9. The molecule has 2 aromatic rings. The molecule has 0 atom stereocenters. The lowest BCUT2D eigenvalue weighted by atomic mass is 9.45. The van der Waals surface area contributed by atoms with Gasteiger partial charge >= 0.3 is 5.69 Å². The number of nitrogens with zero attached hydrogens (tertiary/aromatic N) is 3. The Morgan fingerprint density at radius 1 is 1.05 bits per heavy atom. The Balaban J connectivity index is 1.26. The molecule has 1 saturated heterocycles. The molecule has 11 nitrogen and oxygen atoms in total. The maximum Gasteiger partial charge on any atom is 0.334 e. The number of carbonyl (C=O) groups is 2. The van der Waals surface area contributed by atoms with Gasteiger partial charge in [-0.3, -0.25) is 33.8 Å². The highest BCUT2D eigenvalue weighted by Crippen LogP contribution is 2.65. The SMILES string of the molecule is CCCCn1c(O)c(C(=N)N)c(=O)n(C2CCC3(CC2)CC2(CC(=O)N(Cc4ccc(OC)cc4)C(=O)C2)C3)c1=O. The first kappa shape index (κ1) is 28.6. The number of carbonyl (C=O) groups excluding carboxylic acids is 2. The Morgan fingerprint density at radius 2 is 1.66 bits per heavy atom. The number of ether oxygens (including phenoxy) is 1. The molecular weight excluding hydrogens is 526 g/mol. The molecule has 2 amide bonds. The molecule has 0 unspecified atom stereocenters. The lowest BCUT2D eigenvalue weighted by Gasteiger charge is -2.60. The quantitative estimate of drug-likeness (QED) is 0.252. The van der Waals surface area contributed by atoms with Gasteiger partial charge in [0, 0.05) is 25.4 Å². The highest BCUT2D eigenvalue weighted by molar-refractivity contribution is 5.98. The highest BCUT2D eigenvalue weighted by Gasteiger charge is 2.59. The summed E-state index contributed by atoms with van der Waals surface area (Å²) in [6.45, 7) is 2.45. The van der Waals surface area contributed by atoms with Gasteiger partial charge in [-0.05, 0) is 73.5 Å². The zero-order valence-electron chi connectivity index (χ0n) is 23.8. The largest absolute Gasteiger partial charge is 0.497 e. The molecule has 2 heterocycles. The number of nitrogens with one attached hydrogen (secondary N) is 1. The summed E-state index contributed by atoms with van der Waals surface area (Å²) in [6.07, 6.45) is 6.41. The van der Waals surface area contributed by atoms with Crippen molar-refractivity contribution in [1.29, 1.82) is 5.41 Å². The van der Waals surface area contributed by atoms with Crippen LogP contribution in [0.5, 0.6) is 11.6 Å². The van der Waals surface area contributed by atoms with Crippen molar-refractivity contribution in [3.05, 3.63) is 56.2 Å². The average molecular weight is 566 g/mol. The summed E-state index contributed by atoms with van der Waals surface area (Å²) in [5.74, 6) is -0.665. The summed E-state index contributed by atoms with van der Waals surface area (Å²) in [5, 5.41) is 18.4. The summed E-state index contributed by atoms with van der Waals surface area (Å²) in [6, 6.07) is 6.99. The van der Waals surface area contributed by atoms with Crippen molar-refractivity contribution in [2.45, 2.75) is 90.3 Å². The maximum atomic E-state index is 13.3. The van der Waals surface area contributed by atoms with E-state index in [0.717, 1.165) is 48.0 Å². The van der Waals surface area contributed by atoms with Crippen LogP contribution < -0.4 is 21.7 Å². The van der Waals surface area contributed by atoms with Gasteiger partial charge in [0.05, 0.1) is 13.7 Å². The van der Waals surface area contributed by atoms with Gasteiger partial charge in [-0.1, -0.05) is 25.5 Å². The van der Waals surface area contributed by atoms with Crippen LogP contribution in [-0.2, 0) is 22.7 Å². The van der Waals surface area contributed by atoms with Crippen LogP contribution in [0.1, 0.15) is 88.3 Å². The summed E-state index contributed by atoms with van der Waals surface area (Å²) < 4.78 is 7.52. The number of likely N-dealkylation sites (tertiary alicyclic amines) is 1. The molecular formula is C30H39N5O6. The highest BCUT2D eigenvalue weighted by atomic mass is 16.5. The minimum atomic E-state index is -0.723. The molecule has 3 fully saturated rings. The second kappa shape index (κ2) is 10.8. The Hall–Kier alpha value is -3.89. The van der Waals surface area contributed by atoms with Crippen LogP contribution in [0.3, 0.4) is 0 Å². The van der Waals surface area contributed by atoms with E-state index in [1.807, 2.05) is 31.2 Å². The predicted octanol–water partition coefficient (Wildman–Crippen LogP) is 3.04. The number of benzene rings is 1. The topological polar surface area (TPSA) is 161 Å². The monoisotopic (exact) mass is 565 g/mol. The first-order chi connectivity index (χ1) is 19.5. The fraction of sp³-hybridized carbons (Fsp3) is 0.567. The Bertz CT molecular complexity index is 1450. The maximum absolute atomic E-state index is 13.3. The summed E-state index contributed by atoms with van der Waals surface area (Å²) >= 11 is 0. The van der Waals surface area contributed by atoms with Crippen LogP contribution in [-0.4, -0.2) is 43.9 Å². The molecule has 2 spiro atoms. The number of aromatic nitrogens is 2. The smallest absolute Gasteiger partial charge is 0.334 e. The lowest BCUT2D eigenvalue weighted by Crippen LogP contribution is -2.57. The molecule has 0 bridgehead atoms. The minimum absolute atomic E-state index is 0.0135. The van der Waals surface area contributed by atoms with Crippen molar-refractivity contribution in [2.75, 3.05) is 7.11 Å². The van der Waals surface area contributed by atoms with Crippen LogP contribution in [0.25, 0.3) is 0 Å². The number of nitrogen functional groups attached to an aromatic ring is 1. The fourth-order valence-electron chi connectivity index (χ4n) is 7.47. The van der Waals surface area contributed by atoms with E-state index >= 15 is 0 Å². The second-order valence-corrected chi connectivity index (χ2v) is 12.2. The number of hydrogen-bond donors (Lipinski definition) is 3. The number of rotatable bonds is 8. The number of imide groups is 1. The summed E-state index contributed by atoms with van der Waals surface area (Å²) in [4.78, 5) is 54.1. The van der Waals surface area contributed by atoms with E-state index in [-0.39, 0.29) is 47.3 Å². The zero-order chi connectivity index (χ0) is 29.5. The van der Waals surface area contributed by atoms with E-state index in [1.165, 1.54) is 9.47 Å². The molecule has 1 aromatic carbocycles. The van der Waals surface area contributed by atoms with E-state index < -0.39 is 23.0 Å². The van der Waals surface area contributed by atoms with Gasteiger partial charge in [0.15, 0.2) is 0 Å². The van der Waals surface area contributed by atoms with Gasteiger partial charge in [-0.25, -0.2) is 4.79 Å². The molecule has 220 valence electrons. The Kier molecular flexibility index (Phi) is 7.56. The van der Waals surface area contributed by atoms with Crippen LogP contribution in [0.15, 0.2) is 33.9 Å². The second-order valence-electron chi connectivity index (χ2n) is 12.2. The Morgan fingerprint density at radius 3 is 2.20 bits per heavy atom. The predicted molar refractivity (Wildman–Crippen MR) is 152 cm³/mol. The van der Waals surface area contributed by atoms with Crippen molar-refractivity contribution in [3.8, 4) is 11.6 Å². The third-order valence-electron chi connectivity index (χ3n) is 9.39. The molecule has 2 saturated carbocycles. The van der Waals surface area contributed by atoms with E-state index in [0.29, 0.717) is 32.1 Å². The molecule has 0 radical (unpaired) electrons. The summed E-state index contributed by atoms with van der Waals surface area (Å²) in [7, 11) is 1.59. The van der Waals surface area contributed by atoms with E-state index in [2.05, 4.69) is 0 Å². The van der Waals surface area contributed by atoms with Gasteiger partial charge in [0.2, 0.25) is 17.7 Å². The number of aromatic hydroxyl groups is 1. The van der Waals surface area contributed by atoms with Gasteiger partial charge in [-0.15, -0.1) is 0 Å². The van der Waals surface area contributed by atoms with E-state index in [9.17, 15) is 24.3 Å². The van der Waals surface area contributed by atoms with Gasteiger partial charge < -0.3 is 15.6 Å². The molecule has 4 N–H and O–H groups in total. The van der Waals surface area contributed by atoms with Crippen molar-refractivity contribution in [1.82, 2.24) is 14.0 Å². The standard InChI is InChI=1S/C30H39N5O6/c1-3-4-13-33-26(38)24(25(31)32)27(39)35(28(33)40)20-9-11-29(12-10-20)17-30(18-29)14-22(36)34(23(37)15-30)16-19-5-7-21(41-2)8-6-19/h5-8,20,38H,3-4,9-18H2,1-2H3,(H3,31,32). The van der Waals surface area contributed by atoms with Crippen molar-refractivity contribution in [2.24, 2.45) is 16.6 Å². The van der Waals surface area contributed by atoms with E-state index in [4.69, 9.17) is 15.9 Å². The summed E-state index contributed by atoms with van der Waals surface area (Å²) in [5.41, 5.74) is 4.55. The number of unbranched alkanes of at least 4 members (excludes halogenated alkanes) is 1. The minimum Gasteiger partial charge on any atom is -0.497 e. The first-order valence-electron chi connectivity index (χ1n) is 14.4.